The molecule has 2 rings (SSSR count). The number of nitrogens with two attached hydrogens (primary N) is 1. The Hall–Kier alpha value is -2.59. The third-order valence-electron chi connectivity index (χ3n) is 3.99. The van der Waals surface area contributed by atoms with Crippen molar-refractivity contribution in [3.05, 3.63) is 49.5 Å². The average molecular weight is 455 g/mol. The summed E-state index contributed by atoms with van der Waals surface area (Å²) >= 11 is 3.19. The maximum atomic E-state index is 12.8. The predicted molar refractivity (Wildman–Crippen MR) is 110 cm³/mol. The van der Waals surface area contributed by atoms with Crippen LogP contribution in [-0.2, 0) is 16.1 Å². The summed E-state index contributed by atoms with van der Waals surface area (Å²) in [7, 11) is 1.48. The van der Waals surface area contributed by atoms with Gasteiger partial charge in [0.05, 0.1) is 6.61 Å². The number of ether oxygens (including phenoxy) is 1. The highest BCUT2D eigenvalue weighted by molar-refractivity contribution is 9.10. The van der Waals surface area contributed by atoms with Crippen LogP contribution in [0.5, 0.6) is 0 Å². The summed E-state index contributed by atoms with van der Waals surface area (Å²) < 4.78 is 12.2. The zero-order chi connectivity index (χ0) is 20.7. The summed E-state index contributed by atoms with van der Waals surface area (Å²) in [4.78, 5) is 40.7. The van der Waals surface area contributed by atoms with Gasteiger partial charge in [-0.2, -0.15) is 0 Å². The van der Waals surface area contributed by atoms with Gasteiger partial charge in [0, 0.05) is 26.3 Å². The van der Waals surface area contributed by atoms with Crippen LogP contribution in [0.3, 0.4) is 0 Å². The van der Waals surface area contributed by atoms with Gasteiger partial charge in [0.25, 0.3) is 11.5 Å². The van der Waals surface area contributed by atoms with Crippen LogP contribution in [0.1, 0.15) is 25.5 Å². The summed E-state index contributed by atoms with van der Waals surface area (Å²) in [6.45, 7) is 2.58. The Bertz CT molecular complexity index is 960. The van der Waals surface area contributed by atoms with Crippen molar-refractivity contribution in [2.45, 2.75) is 26.3 Å². The first kappa shape index (κ1) is 21.7. The van der Waals surface area contributed by atoms with Crippen molar-refractivity contribution in [3.8, 4) is 0 Å². The smallest absolute Gasteiger partial charge is 0.330 e. The van der Waals surface area contributed by atoms with Gasteiger partial charge in [-0.1, -0.05) is 13.3 Å². The number of hydrogen-bond acceptors (Lipinski definition) is 6. The number of hydrogen-bond donors (Lipinski definition) is 2. The first-order valence-electron chi connectivity index (χ1n) is 8.75. The van der Waals surface area contributed by atoms with Crippen LogP contribution in [0, 0.1) is 0 Å². The minimum atomic E-state index is -0.728. The molecule has 9 nitrogen and oxygen atoms in total. The van der Waals surface area contributed by atoms with Crippen LogP contribution in [0.15, 0.2) is 36.9 Å². The summed E-state index contributed by atoms with van der Waals surface area (Å²) in [5.41, 5.74) is 4.70. The van der Waals surface area contributed by atoms with Gasteiger partial charge in [-0.15, -0.1) is 0 Å². The van der Waals surface area contributed by atoms with E-state index in [1.54, 1.807) is 12.1 Å². The van der Waals surface area contributed by atoms with Gasteiger partial charge in [0.1, 0.15) is 11.6 Å². The van der Waals surface area contributed by atoms with Gasteiger partial charge in [-0.05, 0) is 40.6 Å². The fourth-order valence-electron chi connectivity index (χ4n) is 2.55. The Morgan fingerprint density at radius 1 is 1.43 bits per heavy atom. The van der Waals surface area contributed by atoms with Gasteiger partial charge in [0.15, 0.2) is 10.4 Å². The van der Waals surface area contributed by atoms with E-state index >= 15 is 0 Å². The molecule has 152 valence electrons. The molecule has 0 radical (unpaired) electrons. The topological polar surface area (TPSA) is 124 Å². The van der Waals surface area contributed by atoms with Crippen LogP contribution >= 0.6 is 15.9 Å². The van der Waals surface area contributed by atoms with Crippen molar-refractivity contribution in [2.24, 2.45) is 0 Å². The highest BCUT2D eigenvalue weighted by Gasteiger charge is 2.22. The lowest BCUT2D eigenvalue weighted by Crippen LogP contribution is -2.42. The predicted octanol–water partition coefficient (Wildman–Crippen LogP) is 1.97. The lowest BCUT2D eigenvalue weighted by atomic mass is 10.3. The Kier molecular flexibility index (Phi) is 7.82. The second-order valence-electron chi connectivity index (χ2n) is 5.96. The van der Waals surface area contributed by atoms with E-state index in [2.05, 4.69) is 20.9 Å². The molecule has 0 bridgehead atoms. The molecular weight excluding hydrogens is 432 g/mol. The Labute approximate surface area is 169 Å². The van der Waals surface area contributed by atoms with Crippen LogP contribution in [0.2, 0.25) is 0 Å². The molecule has 0 aliphatic heterocycles. The van der Waals surface area contributed by atoms with E-state index < -0.39 is 17.2 Å². The van der Waals surface area contributed by atoms with Crippen LogP contribution in [0.4, 0.5) is 11.5 Å². The molecule has 2 aromatic rings. The average Bonchev–Trinajstić information content (AvgIpc) is 3.07. The number of methoxy groups -OCH3 is 1. The first-order valence-corrected chi connectivity index (χ1v) is 9.54. The fourth-order valence-corrected chi connectivity index (χ4v) is 2.87. The van der Waals surface area contributed by atoms with Crippen LogP contribution in [-0.4, -0.2) is 35.7 Å². The molecule has 0 fully saturated rings. The number of nitrogens with zero attached hydrogens (tertiary/aromatic N) is 2. The van der Waals surface area contributed by atoms with Crippen molar-refractivity contribution in [1.82, 2.24) is 9.55 Å². The van der Waals surface area contributed by atoms with Gasteiger partial charge >= 0.3 is 5.69 Å². The Morgan fingerprint density at radius 2 is 2.18 bits per heavy atom. The molecule has 0 saturated carbocycles. The Balaban J connectivity index is 2.44. The molecule has 3 N–H and O–H groups in total. The van der Waals surface area contributed by atoms with Gasteiger partial charge < -0.3 is 14.9 Å². The number of aromatic amines is 1. The summed E-state index contributed by atoms with van der Waals surface area (Å²) in [5, 5.41) is 0. The minimum absolute atomic E-state index is 0.0548. The zero-order valence-corrected chi connectivity index (χ0v) is 17.3. The molecule has 0 spiro atoms. The molecule has 28 heavy (non-hydrogen) atoms. The molecule has 2 aromatic heterocycles. The Morgan fingerprint density at radius 3 is 2.79 bits per heavy atom. The second kappa shape index (κ2) is 10.1. The fraction of sp³-hybridized carbons (Fsp3) is 0.389. The molecule has 2 heterocycles. The number of furan rings is 1. The number of nitrogens with one attached hydrogen (secondary N) is 1. The van der Waals surface area contributed by atoms with Crippen LogP contribution in [0.25, 0.3) is 6.08 Å². The SMILES string of the molecule is CCCCn1c(N)c(N(CCOC)C(=O)/C=C\c2ccc(Br)o2)c(=O)[nH]c1=O. The van der Waals surface area contributed by atoms with E-state index in [0.717, 1.165) is 6.42 Å². The number of rotatable bonds is 9. The quantitative estimate of drug-likeness (QED) is 0.558. The summed E-state index contributed by atoms with van der Waals surface area (Å²) in [6, 6.07) is 3.37. The number of unbranched alkanes of at least 4 members (excludes halogenated alkanes) is 1. The molecular formula is C18H23BrN4O5. The lowest BCUT2D eigenvalue weighted by molar-refractivity contribution is -0.114. The summed E-state index contributed by atoms with van der Waals surface area (Å²) in [6.07, 6.45) is 4.29. The van der Waals surface area contributed by atoms with Crippen molar-refractivity contribution in [3.63, 3.8) is 0 Å². The van der Waals surface area contributed by atoms with E-state index in [0.29, 0.717) is 23.4 Å². The number of amides is 1. The van der Waals surface area contributed by atoms with E-state index in [9.17, 15) is 14.4 Å². The standard InChI is InChI=1S/C18H23BrN4O5/c1-3-4-9-23-16(20)15(17(25)21-18(23)26)22(10-11-27-2)14(24)8-6-12-5-7-13(19)28-12/h5-8H,3-4,9-11,20H2,1-2H3,(H,21,25,26)/b8-6-. The number of aromatic nitrogens is 2. The molecule has 0 unspecified atom stereocenters. The molecule has 0 aromatic carbocycles. The molecule has 0 saturated heterocycles. The van der Waals surface area contributed by atoms with E-state index in [1.807, 2.05) is 6.92 Å². The molecule has 0 aliphatic carbocycles. The molecule has 0 atom stereocenters. The molecule has 10 heteroatoms. The number of carbonyl (C=O) groups excluding carboxylic acids is 1. The number of halogens is 1. The van der Waals surface area contributed by atoms with E-state index in [4.69, 9.17) is 14.9 Å². The lowest BCUT2D eigenvalue weighted by Gasteiger charge is -2.23. The third-order valence-corrected chi connectivity index (χ3v) is 4.41. The van der Waals surface area contributed by atoms with Crippen LogP contribution < -0.4 is 21.9 Å². The number of nitrogen functional groups attached to an aromatic ring is 1. The normalized spacial score (nSPS) is 11.2. The van der Waals surface area contributed by atoms with Crippen molar-refractivity contribution < 1.29 is 13.9 Å². The van der Waals surface area contributed by atoms with Crippen molar-refractivity contribution >= 4 is 39.4 Å². The number of H-pyrrole nitrogens is 1. The molecule has 1 amide bonds. The maximum Gasteiger partial charge on any atom is 0.330 e. The van der Waals surface area contributed by atoms with E-state index in [-0.39, 0.29) is 24.7 Å². The second-order valence-corrected chi connectivity index (χ2v) is 6.74. The zero-order valence-electron chi connectivity index (χ0n) is 15.7. The minimum Gasteiger partial charge on any atom is -0.450 e. The number of carbonyl (C=O) groups is 1. The number of anilines is 2. The first-order chi connectivity index (χ1) is 13.4. The maximum absolute atomic E-state index is 12.8. The van der Waals surface area contributed by atoms with Gasteiger partial charge in [-0.25, -0.2) is 4.79 Å². The van der Waals surface area contributed by atoms with Gasteiger partial charge in [-0.3, -0.25) is 24.0 Å². The third kappa shape index (κ3) is 5.23. The monoisotopic (exact) mass is 454 g/mol. The largest absolute Gasteiger partial charge is 0.450 e. The van der Waals surface area contributed by atoms with Crippen molar-refractivity contribution in [2.75, 3.05) is 30.9 Å². The van der Waals surface area contributed by atoms with Gasteiger partial charge in [0.2, 0.25) is 0 Å². The van der Waals surface area contributed by atoms with Crippen molar-refractivity contribution in [1.29, 1.82) is 0 Å². The molecule has 0 aliphatic rings. The highest BCUT2D eigenvalue weighted by atomic mass is 79.9. The van der Waals surface area contributed by atoms with E-state index in [1.165, 1.54) is 28.7 Å². The highest BCUT2D eigenvalue weighted by Crippen LogP contribution is 2.19. The summed E-state index contributed by atoms with van der Waals surface area (Å²) in [5.74, 6) is -0.0926.